The van der Waals surface area contributed by atoms with Crippen molar-refractivity contribution in [2.24, 2.45) is 0 Å². The van der Waals surface area contributed by atoms with Crippen molar-refractivity contribution in [2.75, 3.05) is 36.4 Å². The van der Waals surface area contributed by atoms with E-state index in [0.717, 1.165) is 36.5 Å². The van der Waals surface area contributed by atoms with Crippen LogP contribution in [0.2, 0.25) is 0 Å². The third kappa shape index (κ3) is 4.27. The van der Waals surface area contributed by atoms with Crippen molar-refractivity contribution in [3.63, 3.8) is 0 Å². The van der Waals surface area contributed by atoms with Gasteiger partial charge in [0, 0.05) is 38.6 Å². The van der Waals surface area contributed by atoms with Crippen LogP contribution in [0.15, 0.2) is 48.8 Å². The molecule has 38 heavy (non-hydrogen) atoms. The lowest BCUT2D eigenvalue weighted by molar-refractivity contribution is -0.0741. The average molecular weight is 509 g/mol. The first-order valence-corrected chi connectivity index (χ1v) is 12.9. The first-order chi connectivity index (χ1) is 18.5. The highest BCUT2D eigenvalue weighted by atomic mass is 16.5. The lowest BCUT2D eigenvalue weighted by Crippen LogP contribution is -2.45. The maximum atomic E-state index is 13.4. The second-order valence-electron chi connectivity index (χ2n) is 10.1. The number of aryl methyl sites for hydroxylation is 1. The zero-order chi connectivity index (χ0) is 26.3. The maximum Gasteiger partial charge on any atom is 0.257 e. The molecule has 0 radical (unpaired) electrons. The first kappa shape index (κ1) is 24.1. The normalized spacial score (nSPS) is 17.5. The summed E-state index contributed by atoms with van der Waals surface area (Å²) in [5, 5.41) is 12.1. The van der Waals surface area contributed by atoms with Crippen molar-refractivity contribution in [2.45, 2.75) is 38.4 Å². The van der Waals surface area contributed by atoms with E-state index < -0.39 is 5.60 Å². The maximum absolute atomic E-state index is 13.4. The molecule has 1 N–H and O–H groups in total. The molecule has 0 bridgehead atoms. The molecule has 9 heteroatoms. The summed E-state index contributed by atoms with van der Waals surface area (Å²) in [5.41, 5.74) is 4.41. The summed E-state index contributed by atoms with van der Waals surface area (Å²) in [5.74, 6) is 0.458. The molecule has 0 aliphatic carbocycles. The Morgan fingerprint density at radius 3 is 2.50 bits per heavy atom. The molecule has 192 valence electrons. The summed E-state index contributed by atoms with van der Waals surface area (Å²) in [6.45, 7) is 5.36. The number of rotatable bonds is 4. The molecule has 0 atom stereocenters. The third-order valence-electron chi connectivity index (χ3n) is 7.86. The number of nitrogens with zero attached hydrogens (tertiary/aromatic N) is 5. The van der Waals surface area contributed by atoms with Crippen molar-refractivity contribution in [3.05, 3.63) is 82.3 Å². The minimum atomic E-state index is -0.413. The molecule has 0 saturated carbocycles. The largest absolute Gasteiger partial charge is 0.365 e. The van der Waals surface area contributed by atoms with Crippen molar-refractivity contribution < 1.29 is 14.3 Å². The molecule has 1 spiro atoms. The van der Waals surface area contributed by atoms with Crippen molar-refractivity contribution in [1.82, 2.24) is 14.9 Å². The van der Waals surface area contributed by atoms with Crippen LogP contribution in [0.1, 0.15) is 62.4 Å². The van der Waals surface area contributed by atoms with Gasteiger partial charge in [0.15, 0.2) is 0 Å². The molecular formula is C29H28N6O3. The van der Waals surface area contributed by atoms with Gasteiger partial charge in [0.2, 0.25) is 0 Å². The fourth-order valence-electron chi connectivity index (χ4n) is 5.41. The van der Waals surface area contributed by atoms with E-state index in [4.69, 9.17) is 4.74 Å². The predicted molar refractivity (Wildman–Crippen MR) is 141 cm³/mol. The second kappa shape index (κ2) is 9.54. The van der Waals surface area contributed by atoms with Gasteiger partial charge in [-0.1, -0.05) is 6.07 Å². The van der Waals surface area contributed by atoms with E-state index in [0.29, 0.717) is 60.6 Å². The Bertz CT molecular complexity index is 1450. The van der Waals surface area contributed by atoms with Gasteiger partial charge in [0.1, 0.15) is 5.82 Å². The van der Waals surface area contributed by atoms with Gasteiger partial charge in [-0.15, -0.1) is 0 Å². The van der Waals surface area contributed by atoms with Gasteiger partial charge >= 0.3 is 0 Å². The van der Waals surface area contributed by atoms with Crippen LogP contribution < -0.4 is 10.2 Å². The van der Waals surface area contributed by atoms with Crippen molar-refractivity contribution >= 4 is 23.3 Å². The molecule has 6 rings (SSSR count). The van der Waals surface area contributed by atoms with Crippen LogP contribution in [0.3, 0.4) is 0 Å². The molecule has 1 aromatic carbocycles. The fourth-order valence-corrected chi connectivity index (χ4v) is 5.41. The van der Waals surface area contributed by atoms with Gasteiger partial charge in [-0.05, 0) is 67.6 Å². The van der Waals surface area contributed by atoms with E-state index in [-0.39, 0.29) is 11.8 Å². The van der Waals surface area contributed by atoms with Crippen LogP contribution in [0.25, 0.3) is 0 Å². The Morgan fingerprint density at radius 2 is 1.82 bits per heavy atom. The van der Waals surface area contributed by atoms with Gasteiger partial charge < -0.3 is 19.9 Å². The van der Waals surface area contributed by atoms with E-state index in [1.807, 2.05) is 29.2 Å². The molecule has 3 aliphatic heterocycles. The van der Waals surface area contributed by atoms with Crippen molar-refractivity contribution in [1.29, 1.82) is 5.26 Å². The van der Waals surface area contributed by atoms with E-state index in [9.17, 15) is 14.9 Å². The monoisotopic (exact) mass is 508 g/mol. The van der Waals surface area contributed by atoms with Crippen LogP contribution in [-0.2, 0) is 16.9 Å². The zero-order valence-corrected chi connectivity index (χ0v) is 21.2. The number of benzene rings is 1. The summed E-state index contributed by atoms with van der Waals surface area (Å²) < 4.78 is 6.22. The Morgan fingerprint density at radius 1 is 1.03 bits per heavy atom. The van der Waals surface area contributed by atoms with E-state index in [2.05, 4.69) is 26.3 Å². The third-order valence-corrected chi connectivity index (χ3v) is 7.86. The van der Waals surface area contributed by atoms with Gasteiger partial charge in [0.25, 0.3) is 11.8 Å². The summed E-state index contributed by atoms with van der Waals surface area (Å²) >= 11 is 0. The van der Waals surface area contributed by atoms with Crippen LogP contribution in [0.5, 0.6) is 0 Å². The van der Waals surface area contributed by atoms with Gasteiger partial charge in [-0.3, -0.25) is 14.6 Å². The Balaban J connectivity index is 1.12. The Kier molecular flexibility index (Phi) is 6.04. The van der Waals surface area contributed by atoms with Gasteiger partial charge in [-0.25, -0.2) is 4.98 Å². The van der Waals surface area contributed by atoms with E-state index in [1.165, 1.54) is 0 Å². The smallest absolute Gasteiger partial charge is 0.257 e. The quantitative estimate of drug-likeness (QED) is 0.571. The number of hydrogen-bond donors (Lipinski definition) is 1. The number of anilines is 2. The number of piperidine rings is 1. The standard InChI is InChI=1S/C29H28N6O3/c1-19-25(33-27(36)21-4-6-26(32-16-21)34-9-2-10-34)14-22(17-31-19)28(37)35-11-7-29(8-12-35)24-5-3-20(15-30)13-23(24)18-38-29/h3-6,13-14,16-17H,2,7-12,18H2,1H3,(H,33,36). The molecule has 0 unspecified atom stereocenters. The number of hydrogen-bond acceptors (Lipinski definition) is 7. The molecule has 2 aromatic heterocycles. The van der Waals surface area contributed by atoms with Crippen LogP contribution >= 0.6 is 0 Å². The molecule has 9 nitrogen and oxygen atoms in total. The van der Waals surface area contributed by atoms with E-state index >= 15 is 0 Å². The molecule has 2 saturated heterocycles. The summed E-state index contributed by atoms with van der Waals surface area (Å²) in [6.07, 6.45) is 5.66. The highest BCUT2D eigenvalue weighted by Crippen LogP contribution is 2.44. The first-order valence-electron chi connectivity index (χ1n) is 12.9. The molecule has 3 aromatic rings. The molecule has 3 aliphatic rings. The van der Waals surface area contributed by atoms with Crippen LogP contribution in [0, 0.1) is 18.3 Å². The molecule has 2 fully saturated rings. The second-order valence-corrected chi connectivity index (χ2v) is 10.1. The molecule has 2 amide bonds. The van der Waals surface area contributed by atoms with Crippen molar-refractivity contribution in [3.8, 4) is 6.07 Å². The summed E-state index contributed by atoms with van der Waals surface area (Å²) in [4.78, 5) is 39.0. The Labute approximate surface area is 221 Å². The van der Waals surface area contributed by atoms with E-state index in [1.54, 1.807) is 31.5 Å². The zero-order valence-electron chi connectivity index (χ0n) is 21.2. The lowest BCUT2D eigenvalue weighted by Gasteiger charge is -2.39. The number of carbonyl (C=O) groups is 2. The number of aromatic nitrogens is 2. The van der Waals surface area contributed by atoms with Gasteiger partial charge in [0.05, 0.1) is 46.3 Å². The number of likely N-dealkylation sites (tertiary alicyclic amines) is 1. The van der Waals surface area contributed by atoms with Gasteiger partial charge in [-0.2, -0.15) is 5.26 Å². The SMILES string of the molecule is Cc1ncc(C(=O)N2CCC3(CC2)OCc2cc(C#N)ccc23)cc1NC(=O)c1ccc(N2CCC2)nc1. The van der Waals surface area contributed by atoms with Crippen LogP contribution in [-0.4, -0.2) is 52.9 Å². The highest BCUT2D eigenvalue weighted by molar-refractivity contribution is 6.05. The number of carbonyl (C=O) groups excluding carboxylic acids is 2. The summed E-state index contributed by atoms with van der Waals surface area (Å²) in [6, 6.07) is 13.2. The topological polar surface area (TPSA) is 111 Å². The number of pyridine rings is 2. The Hall–Kier alpha value is -4.29. The number of nitrogens with one attached hydrogen (secondary N) is 1. The number of ether oxygens (including phenoxy) is 1. The average Bonchev–Trinajstić information content (AvgIpc) is 3.26. The number of nitriles is 1. The minimum Gasteiger partial charge on any atom is -0.365 e. The summed E-state index contributed by atoms with van der Waals surface area (Å²) in [7, 11) is 0. The number of fused-ring (bicyclic) bond motifs is 2. The van der Waals surface area contributed by atoms with Crippen LogP contribution in [0.4, 0.5) is 11.5 Å². The lowest BCUT2D eigenvalue weighted by atomic mass is 9.83. The minimum absolute atomic E-state index is 0.124. The predicted octanol–water partition coefficient (Wildman–Crippen LogP) is 3.78. The molecular weight excluding hydrogens is 480 g/mol. The number of amides is 2. The fraction of sp³-hybridized carbons (Fsp3) is 0.345. The highest BCUT2D eigenvalue weighted by Gasteiger charge is 2.43. The molecule has 5 heterocycles.